The van der Waals surface area contributed by atoms with E-state index >= 15 is 0 Å². The van der Waals surface area contributed by atoms with E-state index in [-0.39, 0.29) is 0 Å². The maximum Gasteiger partial charge on any atom is 0.164 e. The molecule has 2 aromatic heterocycles. The van der Waals surface area contributed by atoms with Crippen LogP contribution in [0, 0.1) is 0 Å². The molecule has 0 saturated carbocycles. The van der Waals surface area contributed by atoms with Crippen molar-refractivity contribution in [2.24, 2.45) is 0 Å². The van der Waals surface area contributed by atoms with Crippen LogP contribution in [0.25, 0.3) is 110 Å². The van der Waals surface area contributed by atoms with Crippen LogP contribution in [0.4, 0.5) is 0 Å². The molecule has 0 unspecified atom stereocenters. The molecular formula is C47H27N3O. The molecule has 0 aliphatic carbocycles. The maximum absolute atomic E-state index is 6.49. The summed E-state index contributed by atoms with van der Waals surface area (Å²) in [7, 11) is 0. The fourth-order valence-electron chi connectivity index (χ4n) is 7.89. The summed E-state index contributed by atoms with van der Waals surface area (Å²) in [6.45, 7) is 0. The lowest BCUT2D eigenvalue weighted by Gasteiger charge is -2.13. The van der Waals surface area contributed by atoms with Crippen LogP contribution in [0.5, 0.6) is 0 Å². The van der Waals surface area contributed by atoms with E-state index in [0.717, 1.165) is 54.8 Å². The van der Waals surface area contributed by atoms with Gasteiger partial charge in [0.15, 0.2) is 17.5 Å². The third-order valence-electron chi connectivity index (χ3n) is 10.3. The molecule has 4 nitrogen and oxygen atoms in total. The highest BCUT2D eigenvalue weighted by atomic mass is 16.3. The van der Waals surface area contributed by atoms with Gasteiger partial charge in [-0.25, -0.2) is 15.0 Å². The highest BCUT2D eigenvalue weighted by Gasteiger charge is 2.19. The third kappa shape index (κ3) is 4.30. The van der Waals surface area contributed by atoms with Crippen molar-refractivity contribution >= 4 is 75.8 Å². The van der Waals surface area contributed by atoms with Gasteiger partial charge in [0, 0.05) is 32.8 Å². The van der Waals surface area contributed by atoms with E-state index in [4.69, 9.17) is 19.4 Å². The molecule has 0 N–H and O–H groups in total. The molecule has 0 atom stereocenters. The molecule has 9 aromatic carbocycles. The van der Waals surface area contributed by atoms with Crippen LogP contribution in [-0.4, -0.2) is 15.0 Å². The average molecular weight is 650 g/mol. The van der Waals surface area contributed by atoms with Crippen LogP contribution >= 0.6 is 0 Å². The molecule has 0 radical (unpaired) electrons. The van der Waals surface area contributed by atoms with Gasteiger partial charge in [0.1, 0.15) is 11.2 Å². The minimum absolute atomic E-state index is 0.636. The standard InChI is InChI=1S/C47H27N3O/c1-2-11-32(12-3-1)45-48-46(33-20-19-30-18-17-28-9-4-6-13-34(28)39(30)27-33)50-47(49-45)38-16-8-15-37-36(38)24-21-31-23-26-41-44(42(31)37)43-35-14-7-5-10-29(35)22-25-40(43)51-41/h1-27H. The van der Waals surface area contributed by atoms with Gasteiger partial charge >= 0.3 is 0 Å². The summed E-state index contributed by atoms with van der Waals surface area (Å²) in [5.41, 5.74) is 4.62. The summed E-state index contributed by atoms with van der Waals surface area (Å²) < 4.78 is 6.49. The summed E-state index contributed by atoms with van der Waals surface area (Å²) in [6.07, 6.45) is 0. The zero-order valence-electron chi connectivity index (χ0n) is 27.3. The number of aromatic nitrogens is 3. The Morgan fingerprint density at radius 1 is 0.314 bits per heavy atom. The van der Waals surface area contributed by atoms with Gasteiger partial charge in [0.2, 0.25) is 0 Å². The SMILES string of the molecule is c1ccc(-c2nc(-c3ccc4ccc5ccccc5c4c3)nc(-c3cccc4c3ccc3ccc5oc6ccc7ccccc7c6c5c34)n2)cc1. The molecule has 0 spiro atoms. The molecule has 0 aliphatic heterocycles. The molecular weight excluding hydrogens is 623 g/mol. The predicted molar refractivity (Wildman–Crippen MR) is 211 cm³/mol. The topological polar surface area (TPSA) is 51.8 Å². The Morgan fingerprint density at radius 2 is 0.902 bits per heavy atom. The molecule has 0 aliphatic rings. The van der Waals surface area contributed by atoms with E-state index in [1.165, 1.54) is 37.7 Å². The van der Waals surface area contributed by atoms with Gasteiger partial charge in [-0.3, -0.25) is 0 Å². The van der Waals surface area contributed by atoms with Gasteiger partial charge in [0.05, 0.1) is 0 Å². The maximum atomic E-state index is 6.49. The molecule has 0 amide bonds. The summed E-state index contributed by atoms with van der Waals surface area (Å²) in [5.74, 6) is 1.92. The zero-order chi connectivity index (χ0) is 33.5. The lowest BCUT2D eigenvalue weighted by Crippen LogP contribution is -2.00. The van der Waals surface area contributed by atoms with Crippen LogP contribution in [0.15, 0.2) is 168 Å². The molecule has 0 fully saturated rings. The Labute approximate surface area is 292 Å². The predicted octanol–water partition coefficient (Wildman–Crippen LogP) is 12.5. The van der Waals surface area contributed by atoms with E-state index in [1.54, 1.807) is 0 Å². The molecule has 11 aromatic rings. The lowest BCUT2D eigenvalue weighted by molar-refractivity contribution is 0.669. The largest absolute Gasteiger partial charge is 0.456 e. The fraction of sp³-hybridized carbons (Fsp3) is 0. The second-order valence-electron chi connectivity index (χ2n) is 13.2. The number of furan rings is 1. The van der Waals surface area contributed by atoms with E-state index in [1.807, 2.05) is 18.2 Å². The first kappa shape index (κ1) is 28.0. The number of hydrogen-bond acceptors (Lipinski definition) is 4. The summed E-state index contributed by atoms with van der Waals surface area (Å²) >= 11 is 0. The number of rotatable bonds is 3. The fourth-order valence-corrected chi connectivity index (χ4v) is 7.89. The quantitative estimate of drug-likeness (QED) is 0.179. The van der Waals surface area contributed by atoms with Gasteiger partial charge in [-0.15, -0.1) is 0 Å². The normalized spacial score (nSPS) is 11.9. The Balaban J connectivity index is 1.19. The molecule has 11 rings (SSSR count). The minimum Gasteiger partial charge on any atom is -0.456 e. The van der Waals surface area contributed by atoms with Gasteiger partial charge < -0.3 is 4.42 Å². The van der Waals surface area contributed by atoms with Crippen LogP contribution in [0.2, 0.25) is 0 Å². The van der Waals surface area contributed by atoms with Crippen LogP contribution < -0.4 is 0 Å². The lowest BCUT2D eigenvalue weighted by atomic mass is 9.94. The summed E-state index contributed by atoms with van der Waals surface area (Å²) in [4.78, 5) is 15.4. The number of nitrogens with zero attached hydrogens (tertiary/aromatic N) is 3. The Kier molecular flexibility index (Phi) is 5.92. The highest BCUT2D eigenvalue weighted by molar-refractivity contribution is 6.31. The molecule has 4 heteroatoms. The van der Waals surface area contributed by atoms with Crippen molar-refractivity contribution in [1.82, 2.24) is 15.0 Å². The Morgan fingerprint density at radius 3 is 1.75 bits per heavy atom. The minimum atomic E-state index is 0.636. The van der Waals surface area contributed by atoms with Crippen LogP contribution in [0.3, 0.4) is 0 Å². The monoisotopic (exact) mass is 649 g/mol. The zero-order valence-corrected chi connectivity index (χ0v) is 27.3. The van der Waals surface area contributed by atoms with Crippen molar-refractivity contribution in [2.45, 2.75) is 0 Å². The Bertz CT molecular complexity index is 3200. The van der Waals surface area contributed by atoms with E-state index in [0.29, 0.717) is 17.5 Å². The van der Waals surface area contributed by atoms with Gasteiger partial charge in [0.25, 0.3) is 0 Å². The molecule has 51 heavy (non-hydrogen) atoms. The van der Waals surface area contributed by atoms with Crippen molar-refractivity contribution in [3.8, 4) is 34.2 Å². The van der Waals surface area contributed by atoms with E-state index in [2.05, 4.69) is 146 Å². The van der Waals surface area contributed by atoms with Crippen LogP contribution in [-0.2, 0) is 0 Å². The van der Waals surface area contributed by atoms with Crippen molar-refractivity contribution in [2.75, 3.05) is 0 Å². The second kappa shape index (κ2) is 10.8. The van der Waals surface area contributed by atoms with Gasteiger partial charge in [-0.2, -0.15) is 0 Å². The van der Waals surface area contributed by atoms with Crippen molar-refractivity contribution in [1.29, 1.82) is 0 Å². The average Bonchev–Trinajstić information content (AvgIpc) is 3.60. The number of fused-ring (bicyclic) bond motifs is 12. The smallest absolute Gasteiger partial charge is 0.164 e. The van der Waals surface area contributed by atoms with Crippen molar-refractivity contribution < 1.29 is 4.42 Å². The first-order chi connectivity index (χ1) is 25.3. The first-order valence-electron chi connectivity index (χ1n) is 17.2. The van der Waals surface area contributed by atoms with E-state index in [9.17, 15) is 0 Å². The third-order valence-corrected chi connectivity index (χ3v) is 10.3. The summed E-state index contributed by atoms with van der Waals surface area (Å²) in [6, 6.07) is 57.4. The van der Waals surface area contributed by atoms with Crippen molar-refractivity contribution in [3.63, 3.8) is 0 Å². The molecule has 236 valence electrons. The Hall–Kier alpha value is -6.91. The van der Waals surface area contributed by atoms with Crippen molar-refractivity contribution in [3.05, 3.63) is 164 Å². The summed E-state index contributed by atoms with van der Waals surface area (Å²) in [5, 5.41) is 14.0. The van der Waals surface area contributed by atoms with Crippen LogP contribution in [0.1, 0.15) is 0 Å². The molecule has 2 heterocycles. The van der Waals surface area contributed by atoms with Gasteiger partial charge in [-0.1, -0.05) is 146 Å². The second-order valence-corrected chi connectivity index (χ2v) is 13.2. The van der Waals surface area contributed by atoms with E-state index < -0.39 is 0 Å². The molecule has 0 bridgehead atoms. The number of benzene rings is 9. The first-order valence-corrected chi connectivity index (χ1v) is 17.2. The number of hydrogen-bond donors (Lipinski definition) is 0. The van der Waals surface area contributed by atoms with Gasteiger partial charge in [-0.05, 0) is 66.7 Å². The molecule has 0 saturated heterocycles. The highest BCUT2D eigenvalue weighted by Crippen LogP contribution is 2.43.